The van der Waals surface area contributed by atoms with Crippen molar-refractivity contribution in [2.24, 2.45) is 0 Å². The smallest absolute Gasteiger partial charge is 0.328 e. The van der Waals surface area contributed by atoms with Crippen LogP contribution < -0.4 is 5.32 Å². The first-order valence-corrected chi connectivity index (χ1v) is 5.36. The van der Waals surface area contributed by atoms with Crippen LogP contribution in [0.4, 0.5) is 0 Å². The standard InChI is InChI=1S/C11H21NO4/c1-6-15-7-9(13)12-8(2)10(14)16-11(3,4)5/h8H,6-7H2,1-5H3,(H,12,13)/t8-/m0/s1. The largest absolute Gasteiger partial charge is 0.458 e. The Hall–Kier alpha value is -1.10. The van der Waals surface area contributed by atoms with Crippen molar-refractivity contribution in [1.29, 1.82) is 0 Å². The summed E-state index contributed by atoms with van der Waals surface area (Å²) in [6.45, 7) is 9.14. The van der Waals surface area contributed by atoms with Crippen LogP contribution in [0.25, 0.3) is 0 Å². The molecule has 0 aliphatic heterocycles. The van der Waals surface area contributed by atoms with Crippen LogP contribution in [0.3, 0.4) is 0 Å². The number of esters is 1. The third-order valence-electron chi connectivity index (χ3n) is 1.58. The molecule has 0 fully saturated rings. The van der Waals surface area contributed by atoms with E-state index in [1.165, 1.54) is 0 Å². The zero-order valence-corrected chi connectivity index (χ0v) is 10.6. The summed E-state index contributed by atoms with van der Waals surface area (Å²) < 4.78 is 10.0. The maximum absolute atomic E-state index is 11.5. The molecule has 5 heteroatoms. The third-order valence-corrected chi connectivity index (χ3v) is 1.58. The van der Waals surface area contributed by atoms with Crippen molar-refractivity contribution in [3.05, 3.63) is 0 Å². The van der Waals surface area contributed by atoms with Crippen LogP contribution in [0.1, 0.15) is 34.6 Å². The van der Waals surface area contributed by atoms with Crippen molar-refractivity contribution in [3.8, 4) is 0 Å². The van der Waals surface area contributed by atoms with Gasteiger partial charge >= 0.3 is 5.97 Å². The molecule has 0 radical (unpaired) electrons. The molecule has 94 valence electrons. The number of ether oxygens (including phenoxy) is 2. The molecule has 0 saturated carbocycles. The molecule has 0 aromatic rings. The fourth-order valence-electron chi connectivity index (χ4n) is 0.927. The van der Waals surface area contributed by atoms with Crippen LogP contribution in [-0.4, -0.2) is 36.7 Å². The van der Waals surface area contributed by atoms with E-state index >= 15 is 0 Å². The van der Waals surface area contributed by atoms with E-state index in [9.17, 15) is 9.59 Å². The molecule has 0 bridgehead atoms. The van der Waals surface area contributed by atoms with Gasteiger partial charge in [-0.2, -0.15) is 0 Å². The van der Waals surface area contributed by atoms with Crippen LogP contribution in [0.2, 0.25) is 0 Å². The van der Waals surface area contributed by atoms with Crippen molar-refractivity contribution in [2.75, 3.05) is 13.2 Å². The van der Waals surface area contributed by atoms with Gasteiger partial charge in [0, 0.05) is 6.61 Å². The molecule has 0 unspecified atom stereocenters. The van der Waals surface area contributed by atoms with E-state index in [0.717, 1.165) is 0 Å². The van der Waals surface area contributed by atoms with Crippen molar-refractivity contribution < 1.29 is 19.1 Å². The lowest BCUT2D eigenvalue weighted by atomic mass is 10.2. The zero-order valence-electron chi connectivity index (χ0n) is 10.6. The summed E-state index contributed by atoms with van der Waals surface area (Å²) in [5.74, 6) is -0.766. The first-order chi connectivity index (χ1) is 7.26. The monoisotopic (exact) mass is 231 g/mol. The highest BCUT2D eigenvalue weighted by molar-refractivity contribution is 5.84. The summed E-state index contributed by atoms with van der Waals surface area (Å²) in [6, 6.07) is -0.660. The number of hydrogen-bond donors (Lipinski definition) is 1. The Morgan fingerprint density at radius 1 is 1.31 bits per heavy atom. The molecule has 16 heavy (non-hydrogen) atoms. The second-order valence-electron chi connectivity index (χ2n) is 4.46. The lowest BCUT2D eigenvalue weighted by Crippen LogP contribution is -2.43. The van der Waals surface area contributed by atoms with Gasteiger partial charge < -0.3 is 14.8 Å². The van der Waals surface area contributed by atoms with Crippen molar-refractivity contribution in [1.82, 2.24) is 5.32 Å². The van der Waals surface area contributed by atoms with Crippen molar-refractivity contribution in [2.45, 2.75) is 46.3 Å². The van der Waals surface area contributed by atoms with Crippen molar-refractivity contribution in [3.63, 3.8) is 0 Å². The van der Waals surface area contributed by atoms with E-state index in [0.29, 0.717) is 6.61 Å². The average Bonchev–Trinajstić information content (AvgIpc) is 2.11. The second-order valence-corrected chi connectivity index (χ2v) is 4.46. The number of carbonyl (C=O) groups excluding carboxylic acids is 2. The van der Waals surface area contributed by atoms with Crippen LogP contribution in [-0.2, 0) is 19.1 Å². The highest BCUT2D eigenvalue weighted by Gasteiger charge is 2.22. The van der Waals surface area contributed by atoms with Crippen LogP contribution in [0.15, 0.2) is 0 Å². The number of amides is 1. The molecule has 0 spiro atoms. The number of hydrogen-bond acceptors (Lipinski definition) is 4. The summed E-state index contributed by atoms with van der Waals surface area (Å²) >= 11 is 0. The number of nitrogens with one attached hydrogen (secondary N) is 1. The Bertz CT molecular complexity index is 245. The Labute approximate surface area is 96.5 Å². The van der Waals surface area contributed by atoms with E-state index in [1.807, 2.05) is 0 Å². The lowest BCUT2D eigenvalue weighted by molar-refractivity contribution is -0.158. The Morgan fingerprint density at radius 3 is 2.31 bits per heavy atom. The molecule has 0 saturated heterocycles. The minimum absolute atomic E-state index is 0.0381. The van der Waals surface area contributed by atoms with Gasteiger partial charge in [0.1, 0.15) is 18.2 Å². The highest BCUT2D eigenvalue weighted by Crippen LogP contribution is 2.08. The van der Waals surface area contributed by atoms with E-state index in [-0.39, 0.29) is 12.5 Å². The maximum Gasteiger partial charge on any atom is 0.328 e. The van der Waals surface area contributed by atoms with Crippen LogP contribution in [0.5, 0.6) is 0 Å². The van der Waals surface area contributed by atoms with Gasteiger partial charge in [-0.15, -0.1) is 0 Å². The maximum atomic E-state index is 11.5. The van der Waals surface area contributed by atoms with Gasteiger partial charge in [-0.1, -0.05) is 0 Å². The zero-order chi connectivity index (χ0) is 12.8. The SMILES string of the molecule is CCOCC(=O)N[C@@H](C)C(=O)OC(C)(C)C. The molecular weight excluding hydrogens is 210 g/mol. The third kappa shape index (κ3) is 7.23. The summed E-state index contributed by atoms with van der Waals surface area (Å²) in [7, 11) is 0. The van der Waals surface area contributed by atoms with Crippen LogP contribution >= 0.6 is 0 Å². The Balaban J connectivity index is 4.01. The quantitative estimate of drug-likeness (QED) is 0.713. The second kappa shape index (κ2) is 6.48. The first kappa shape index (κ1) is 14.9. The molecule has 1 amide bonds. The van der Waals surface area contributed by atoms with Gasteiger partial charge in [-0.3, -0.25) is 4.79 Å². The molecule has 1 atom stereocenters. The molecule has 1 N–H and O–H groups in total. The average molecular weight is 231 g/mol. The van der Waals surface area contributed by atoms with E-state index in [2.05, 4.69) is 5.32 Å². The highest BCUT2D eigenvalue weighted by atomic mass is 16.6. The summed E-state index contributed by atoms with van der Waals surface area (Å²) in [4.78, 5) is 22.7. The molecule has 0 aromatic carbocycles. The summed E-state index contributed by atoms with van der Waals surface area (Å²) in [5.41, 5.74) is -0.546. The molecular formula is C11H21NO4. The van der Waals surface area contributed by atoms with E-state index < -0.39 is 17.6 Å². The molecule has 0 aliphatic rings. The molecule has 0 heterocycles. The van der Waals surface area contributed by atoms with E-state index in [1.54, 1.807) is 34.6 Å². The number of rotatable bonds is 5. The minimum atomic E-state index is -0.660. The summed E-state index contributed by atoms with van der Waals surface area (Å²) in [5, 5.41) is 2.50. The predicted molar refractivity (Wildman–Crippen MR) is 59.9 cm³/mol. The number of carbonyl (C=O) groups is 2. The fraction of sp³-hybridized carbons (Fsp3) is 0.818. The molecule has 0 aromatic heterocycles. The molecule has 0 rings (SSSR count). The minimum Gasteiger partial charge on any atom is -0.458 e. The summed E-state index contributed by atoms with van der Waals surface area (Å²) in [6.07, 6.45) is 0. The normalized spacial score (nSPS) is 13.1. The van der Waals surface area contributed by atoms with Gasteiger partial charge in [0.2, 0.25) is 5.91 Å². The lowest BCUT2D eigenvalue weighted by Gasteiger charge is -2.22. The topological polar surface area (TPSA) is 64.6 Å². The first-order valence-electron chi connectivity index (χ1n) is 5.36. The van der Waals surface area contributed by atoms with Gasteiger partial charge in [0.15, 0.2) is 0 Å². The fourth-order valence-corrected chi connectivity index (χ4v) is 0.927. The van der Waals surface area contributed by atoms with Gasteiger partial charge in [-0.05, 0) is 34.6 Å². The Morgan fingerprint density at radius 2 is 1.88 bits per heavy atom. The van der Waals surface area contributed by atoms with Gasteiger partial charge in [0.05, 0.1) is 0 Å². The Kier molecular flexibility index (Phi) is 6.03. The van der Waals surface area contributed by atoms with Gasteiger partial charge in [-0.25, -0.2) is 4.79 Å². The predicted octanol–water partition coefficient (Wildman–Crippen LogP) is 0.869. The van der Waals surface area contributed by atoms with Crippen LogP contribution in [0, 0.1) is 0 Å². The van der Waals surface area contributed by atoms with Crippen molar-refractivity contribution >= 4 is 11.9 Å². The van der Waals surface area contributed by atoms with E-state index in [4.69, 9.17) is 9.47 Å². The molecule has 0 aliphatic carbocycles. The molecule has 5 nitrogen and oxygen atoms in total. The van der Waals surface area contributed by atoms with Gasteiger partial charge in [0.25, 0.3) is 0 Å².